The second-order valence-electron chi connectivity index (χ2n) is 6.00. The number of esters is 1. The van der Waals surface area contributed by atoms with Crippen LogP contribution in [0.1, 0.15) is 50.1 Å². The molecule has 24 heavy (non-hydrogen) atoms. The number of methoxy groups -OCH3 is 1. The average molecular weight is 339 g/mol. The number of pyridine rings is 1. The van der Waals surface area contributed by atoms with Crippen molar-refractivity contribution in [1.82, 2.24) is 14.3 Å². The Labute approximate surface area is 137 Å². The van der Waals surface area contributed by atoms with E-state index in [1.807, 2.05) is 0 Å². The van der Waals surface area contributed by atoms with E-state index in [2.05, 4.69) is 9.84 Å². The molecule has 6 nitrogen and oxygen atoms in total. The van der Waals surface area contributed by atoms with E-state index in [-0.39, 0.29) is 35.6 Å². The Hall–Kier alpha value is -2.25. The minimum absolute atomic E-state index is 0.0180. The molecular formula is C16H19F2N3O3. The van der Waals surface area contributed by atoms with Crippen molar-refractivity contribution in [3.05, 3.63) is 28.2 Å². The molecular weight excluding hydrogens is 320 g/mol. The lowest BCUT2D eigenvalue weighted by atomic mass is 10.2. The number of rotatable bonds is 5. The number of carbonyl (C=O) groups excluding carboxylic acids is 1. The van der Waals surface area contributed by atoms with Gasteiger partial charge in [0, 0.05) is 29.8 Å². The minimum Gasteiger partial charge on any atom is -0.469 e. The Morgan fingerprint density at radius 1 is 1.42 bits per heavy atom. The molecule has 1 fully saturated rings. The van der Waals surface area contributed by atoms with Crippen molar-refractivity contribution in [2.45, 2.75) is 51.1 Å². The third-order valence-corrected chi connectivity index (χ3v) is 4.53. The van der Waals surface area contributed by atoms with Crippen molar-refractivity contribution in [3.63, 3.8) is 0 Å². The van der Waals surface area contributed by atoms with E-state index < -0.39 is 18.0 Å². The van der Waals surface area contributed by atoms with Gasteiger partial charge in [0.1, 0.15) is 0 Å². The van der Waals surface area contributed by atoms with Gasteiger partial charge in [-0.25, -0.2) is 8.78 Å². The fourth-order valence-electron chi connectivity index (χ4n) is 3.24. The van der Waals surface area contributed by atoms with Gasteiger partial charge < -0.3 is 4.74 Å². The van der Waals surface area contributed by atoms with Crippen molar-refractivity contribution >= 4 is 17.0 Å². The molecule has 0 unspecified atom stereocenters. The molecule has 0 atom stereocenters. The molecule has 0 aliphatic heterocycles. The predicted octanol–water partition coefficient (Wildman–Crippen LogP) is 2.81. The van der Waals surface area contributed by atoms with Gasteiger partial charge >= 0.3 is 5.97 Å². The summed E-state index contributed by atoms with van der Waals surface area (Å²) in [6.45, 7) is 0.0488. The molecule has 8 heteroatoms. The number of halogens is 2. The number of hydrogen-bond acceptors (Lipinski definition) is 4. The van der Waals surface area contributed by atoms with Crippen LogP contribution in [-0.4, -0.2) is 27.4 Å². The Kier molecular flexibility index (Phi) is 4.64. The molecule has 1 aliphatic carbocycles. The summed E-state index contributed by atoms with van der Waals surface area (Å²) in [5.41, 5.74) is -0.694. The molecule has 0 saturated heterocycles. The molecule has 0 bridgehead atoms. The Bertz CT molecular complexity index is 807. The molecule has 0 amide bonds. The Balaban J connectivity index is 2.09. The fourth-order valence-corrected chi connectivity index (χ4v) is 3.24. The van der Waals surface area contributed by atoms with Crippen LogP contribution in [0.5, 0.6) is 0 Å². The summed E-state index contributed by atoms with van der Waals surface area (Å²) < 4.78 is 34.1. The van der Waals surface area contributed by atoms with Crippen molar-refractivity contribution in [2.24, 2.45) is 0 Å². The normalized spacial score (nSPS) is 15.5. The summed E-state index contributed by atoms with van der Waals surface area (Å²) in [5, 5.41) is 4.66. The van der Waals surface area contributed by atoms with Gasteiger partial charge in [0.15, 0.2) is 5.65 Å². The van der Waals surface area contributed by atoms with Crippen LogP contribution < -0.4 is 5.56 Å². The second-order valence-corrected chi connectivity index (χ2v) is 6.00. The molecule has 0 radical (unpaired) electrons. The first kappa shape index (κ1) is 16.6. The first-order valence-electron chi connectivity index (χ1n) is 7.99. The summed E-state index contributed by atoms with van der Waals surface area (Å²) in [7, 11) is 1.26. The molecule has 0 N–H and O–H groups in total. The van der Waals surface area contributed by atoms with Crippen LogP contribution >= 0.6 is 0 Å². The zero-order valence-electron chi connectivity index (χ0n) is 13.4. The van der Waals surface area contributed by atoms with Crippen LogP contribution in [0, 0.1) is 0 Å². The lowest BCUT2D eigenvalue weighted by molar-refractivity contribution is -0.140. The van der Waals surface area contributed by atoms with Gasteiger partial charge in [0.25, 0.3) is 12.0 Å². The first-order valence-corrected chi connectivity index (χ1v) is 7.99. The van der Waals surface area contributed by atoms with Crippen LogP contribution in [0.2, 0.25) is 0 Å². The summed E-state index contributed by atoms with van der Waals surface area (Å²) >= 11 is 0. The zero-order chi connectivity index (χ0) is 17.3. The highest BCUT2D eigenvalue weighted by Crippen LogP contribution is 2.32. The Morgan fingerprint density at radius 3 is 2.75 bits per heavy atom. The largest absolute Gasteiger partial charge is 0.469 e. The first-order chi connectivity index (χ1) is 11.5. The summed E-state index contributed by atoms with van der Waals surface area (Å²) in [6.07, 6.45) is 2.89. The maximum Gasteiger partial charge on any atom is 0.307 e. The molecule has 2 aromatic rings. The molecule has 0 aromatic carbocycles. The van der Waals surface area contributed by atoms with E-state index in [1.165, 1.54) is 11.7 Å². The van der Waals surface area contributed by atoms with Crippen molar-refractivity contribution < 1.29 is 18.3 Å². The standard InChI is InChI=1S/C16H19F2N3O3/c1-24-14(23)6-7-20-13(22)8-11(15(17)18)12-9-21(19-16(12)20)10-4-2-3-5-10/h8-10,15H,2-7H2,1H3. The number of aryl methyl sites for hydroxylation is 1. The van der Waals surface area contributed by atoms with E-state index in [0.29, 0.717) is 0 Å². The van der Waals surface area contributed by atoms with Gasteiger partial charge in [-0.1, -0.05) is 12.8 Å². The maximum absolute atomic E-state index is 13.3. The van der Waals surface area contributed by atoms with Gasteiger partial charge in [-0.05, 0) is 12.8 Å². The van der Waals surface area contributed by atoms with Crippen LogP contribution in [0.4, 0.5) is 8.78 Å². The average Bonchev–Trinajstić information content (AvgIpc) is 3.21. The SMILES string of the molecule is COC(=O)CCn1c(=O)cc(C(F)F)c2cn(C3CCCC3)nc21. The number of hydrogen-bond donors (Lipinski definition) is 0. The smallest absolute Gasteiger partial charge is 0.307 e. The topological polar surface area (TPSA) is 66.1 Å². The third kappa shape index (κ3) is 3.05. The quantitative estimate of drug-likeness (QED) is 0.786. The molecule has 1 saturated carbocycles. The van der Waals surface area contributed by atoms with Crippen molar-refractivity contribution in [2.75, 3.05) is 7.11 Å². The van der Waals surface area contributed by atoms with Gasteiger partial charge in [-0.15, -0.1) is 0 Å². The third-order valence-electron chi connectivity index (χ3n) is 4.53. The lowest BCUT2D eigenvalue weighted by Crippen LogP contribution is -2.23. The van der Waals surface area contributed by atoms with Crippen LogP contribution in [0.15, 0.2) is 17.1 Å². The highest BCUT2D eigenvalue weighted by atomic mass is 19.3. The summed E-state index contributed by atoms with van der Waals surface area (Å²) in [4.78, 5) is 23.6. The van der Waals surface area contributed by atoms with E-state index in [4.69, 9.17) is 0 Å². The Morgan fingerprint density at radius 2 is 2.12 bits per heavy atom. The fraction of sp³-hybridized carbons (Fsp3) is 0.562. The van der Waals surface area contributed by atoms with E-state index in [0.717, 1.165) is 31.7 Å². The molecule has 2 heterocycles. The van der Waals surface area contributed by atoms with Crippen molar-refractivity contribution in [3.8, 4) is 0 Å². The number of ether oxygens (including phenoxy) is 1. The summed E-state index contributed by atoms with van der Waals surface area (Å²) in [6, 6.07) is 1.11. The van der Waals surface area contributed by atoms with Gasteiger partial charge in [0.05, 0.1) is 19.6 Å². The minimum atomic E-state index is -2.75. The van der Waals surface area contributed by atoms with E-state index >= 15 is 0 Å². The lowest BCUT2D eigenvalue weighted by Gasteiger charge is -2.09. The molecule has 1 aliphatic rings. The number of carbonyl (C=O) groups is 1. The van der Waals surface area contributed by atoms with E-state index in [1.54, 1.807) is 10.9 Å². The maximum atomic E-state index is 13.3. The van der Waals surface area contributed by atoms with Crippen LogP contribution in [-0.2, 0) is 16.1 Å². The number of fused-ring (bicyclic) bond motifs is 1. The number of aromatic nitrogens is 3. The van der Waals surface area contributed by atoms with Gasteiger partial charge in [-0.3, -0.25) is 18.8 Å². The number of nitrogens with zero attached hydrogens (tertiary/aromatic N) is 3. The monoisotopic (exact) mass is 339 g/mol. The van der Waals surface area contributed by atoms with Crippen LogP contribution in [0.3, 0.4) is 0 Å². The molecule has 2 aromatic heterocycles. The predicted molar refractivity (Wildman–Crippen MR) is 83.1 cm³/mol. The second kappa shape index (κ2) is 6.70. The van der Waals surface area contributed by atoms with Gasteiger partial charge in [0.2, 0.25) is 0 Å². The molecule has 130 valence electrons. The van der Waals surface area contributed by atoms with Crippen LogP contribution in [0.25, 0.3) is 11.0 Å². The van der Waals surface area contributed by atoms with E-state index in [9.17, 15) is 18.4 Å². The highest BCUT2D eigenvalue weighted by molar-refractivity contribution is 5.79. The highest BCUT2D eigenvalue weighted by Gasteiger charge is 2.23. The summed E-state index contributed by atoms with van der Waals surface area (Å²) in [5.74, 6) is -0.469. The molecule has 3 rings (SSSR count). The zero-order valence-corrected chi connectivity index (χ0v) is 13.4. The van der Waals surface area contributed by atoms with Crippen molar-refractivity contribution in [1.29, 1.82) is 0 Å². The number of alkyl halides is 2. The van der Waals surface area contributed by atoms with Gasteiger partial charge in [-0.2, -0.15) is 5.10 Å². The molecule has 0 spiro atoms.